The Labute approximate surface area is 121 Å². The van der Waals surface area contributed by atoms with E-state index in [-0.39, 0.29) is 11.3 Å². The zero-order valence-corrected chi connectivity index (χ0v) is 13.2. The minimum absolute atomic E-state index is 0.178. The Morgan fingerprint density at radius 3 is 2.35 bits per heavy atom. The predicted octanol–water partition coefficient (Wildman–Crippen LogP) is 4.31. The van der Waals surface area contributed by atoms with Gasteiger partial charge in [0.2, 0.25) is 0 Å². The molecule has 0 amide bonds. The zero-order valence-electron chi connectivity index (χ0n) is 13.2. The maximum absolute atomic E-state index is 10.6. The molecule has 2 rings (SSSR count). The van der Waals surface area contributed by atoms with Crippen LogP contribution >= 0.6 is 0 Å². The van der Waals surface area contributed by atoms with Crippen LogP contribution in [0.5, 0.6) is 5.75 Å². The van der Waals surface area contributed by atoms with Crippen molar-refractivity contribution in [1.29, 1.82) is 0 Å². The highest BCUT2D eigenvalue weighted by atomic mass is 16.3. The number of rotatable bonds is 2. The van der Waals surface area contributed by atoms with Gasteiger partial charge >= 0.3 is 0 Å². The van der Waals surface area contributed by atoms with Crippen LogP contribution in [0.4, 0.5) is 0 Å². The average molecular weight is 272 g/mol. The number of aromatic nitrogens is 2. The first-order valence-corrected chi connectivity index (χ1v) is 7.11. The van der Waals surface area contributed by atoms with Crippen LogP contribution in [0.3, 0.4) is 0 Å². The summed E-state index contributed by atoms with van der Waals surface area (Å²) in [6, 6.07) is 8.19. The molecule has 0 bridgehead atoms. The summed E-state index contributed by atoms with van der Waals surface area (Å²) in [6.07, 6.45) is 0. The number of nitrogens with zero attached hydrogens (tertiary/aromatic N) is 2. The molecule has 3 nitrogen and oxygen atoms in total. The van der Waals surface area contributed by atoms with Crippen LogP contribution in [0.1, 0.15) is 57.5 Å². The first-order valence-electron chi connectivity index (χ1n) is 7.11. The molecule has 0 radical (unpaired) electrons. The molecule has 0 aliphatic carbocycles. The van der Waals surface area contributed by atoms with Crippen LogP contribution < -0.4 is 0 Å². The van der Waals surface area contributed by atoms with Gasteiger partial charge in [0.15, 0.2) is 5.75 Å². The molecule has 20 heavy (non-hydrogen) atoms. The van der Waals surface area contributed by atoms with E-state index in [1.807, 2.05) is 16.8 Å². The van der Waals surface area contributed by atoms with Crippen molar-refractivity contribution in [2.75, 3.05) is 0 Å². The molecule has 3 heteroatoms. The fourth-order valence-corrected chi connectivity index (χ4v) is 2.40. The van der Waals surface area contributed by atoms with Crippen molar-refractivity contribution in [2.45, 2.75) is 52.9 Å². The van der Waals surface area contributed by atoms with Crippen LogP contribution in [0.25, 0.3) is 5.69 Å². The molecular weight excluding hydrogens is 248 g/mol. The van der Waals surface area contributed by atoms with Crippen molar-refractivity contribution >= 4 is 0 Å². The van der Waals surface area contributed by atoms with Crippen LogP contribution in [-0.2, 0) is 5.41 Å². The SMILES string of the molecule is Cc1cccc(-n2nc(C(C)(C)C)c(O)c2C(C)C)c1. The van der Waals surface area contributed by atoms with Gasteiger partial charge in [0, 0.05) is 5.41 Å². The average Bonchev–Trinajstić information content (AvgIpc) is 2.66. The molecule has 0 aliphatic heterocycles. The third kappa shape index (κ3) is 2.58. The molecule has 0 saturated heterocycles. The number of benzene rings is 1. The normalized spacial score (nSPS) is 12.2. The van der Waals surface area contributed by atoms with E-state index >= 15 is 0 Å². The van der Waals surface area contributed by atoms with Gasteiger partial charge in [-0.1, -0.05) is 46.8 Å². The number of aromatic hydroxyl groups is 1. The molecule has 2 aromatic rings. The monoisotopic (exact) mass is 272 g/mol. The lowest BCUT2D eigenvalue weighted by Crippen LogP contribution is -2.13. The predicted molar refractivity (Wildman–Crippen MR) is 82.8 cm³/mol. The second-order valence-corrected chi connectivity index (χ2v) is 6.74. The van der Waals surface area contributed by atoms with E-state index in [1.54, 1.807) is 0 Å². The van der Waals surface area contributed by atoms with Crippen molar-refractivity contribution in [3.8, 4) is 11.4 Å². The number of aryl methyl sites for hydroxylation is 1. The summed E-state index contributed by atoms with van der Waals surface area (Å²) >= 11 is 0. The lowest BCUT2D eigenvalue weighted by molar-refractivity contribution is 0.437. The highest BCUT2D eigenvalue weighted by Gasteiger charge is 2.28. The zero-order chi connectivity index (χ0) is 15.1. The molecule has 0 unspecified atom stereocenters. The minimum Gasteiger partial charge on any atom is -0.504 e. The molecular formula is C17H24N2O. The summed E-state index contributed by atoms with van der Waals surface area (Å²) in [5, 5.41) is 15.2. The standard InChI is InChI=1S/C17H24N2O/c1-11(2)14-15(20)16(17(4,5)6)18-19(14)13-9-7-8-12(3)10-13/h7-11,20H,1-6H3. The van der Waals surface area contributed by atoms with Crippen LogP contribution in [0.15, 0.2) is 24.3 Å². The van der Waals surface area contributed by atoms with Crippen LogP contribution in [0.2, 0.25) is 0 Å². The summed E-state index contributed by atoms with van der Waals surface area (Å²) in [5.74, 6) is 0.535. The molecule has 0 saturated carbocycles. The molecule has 108 valence electrons. The van der Waals surface area contributed by atoms with Crippen LogP contribution in [0, 0.1) is 6.92 Å². The van der Waals surface area contributed by atoms with Gasteiger partial charge in [-0.15, -0.1) is 0 Å². The summed E-state index contributed by atoms with van der Waals surface area (Å²) in [6.45, 7) is 12.4. The second-order valence-electron chi connectivity index (χ2n) is 6.74. The highest BCUT2D eigenvalue weighted by Crippen LogP contribution is 2.37. The van der Waals surface area contributed by atoms with Gasteiger partial charge in [-0.05, 0) is 30.5 Å². The molecule has 0 aliphatic rings. The largest absolute Gasteiger partial charge is 0.504 e. The van der Waals surface area contributed by atoms with E-state index < -0.39 is 0 Å². The Bertz CT molecular complexity index is 618. The Morgan fingerprint density at radius 1 is 1.20 bits per heavy atom. The van der Waals surface area contributed by atoms with Gasteiger partial charge in [-0.25, -0.2) is 4.68 Å². The van der Waals surface area contributed by atoms with Crippen molar-refractivity contribution in [3.05, 3.63) is 41.2 Å². The Morgan fingerprint density at radius 2 is 1.85 bits per heavy atom. The quantitative estimate of drug-likeness (QED) is 0.884. The van der Waals surface area contributed by atoms with Crippen molar-refractivity contribution in [2.24, 2.45) is 0 Å². The van der Waals surface area contributed by atoms with E-state index in [1.165, 1.54) is 5.56 Å². The summed E-state index contributed by atoms with van der Waals surface area (Å²) < 4.78 is 1.88. The molecule has 1 N–H and O–H groups in total. The summed E-state index contributed by atoms with van der Waals surface area (Å²) in [5.41, 5.74) is 3.63. The fourth-order valence-electron chi connectivity index (χ4n) is 2.40. The van der Waals surface area contributed by atoms with Gasteiger partial charge in [-0.2, -0.15) is 5.10 Å². The summed E-state index contributed by atoms with van der Waals surface area (Å²) in [7, 11) is 0. The molecule has 0 spiro atoms. The number of hydrogen-bond donors (Lipinski definition) is 1. The van der Waals surface area contributed by atoms with E-state index in [4.69, 9.17) is 0 Å². The Hall–Kier alpha value is -1.77. The van der Waals surface area contributed by atoms with Gasteiger partial charge in [0.1, 0.15) is 5.69 Å². The van der Waals surface area contributed by atoms with E-state index in [0.717, 1.165) is 17.1 Å². The Balaban J connectivity index is 2.70. The van der Waals surface area contributed by atoms with Crippen molar-refractivity contribution in [3.63, 3.8) is 0 Å². The molecule has 0 atom stereocenters. The first-order chi connectivity index (χ1) is 9.21. The second kappa shape index (κ2) is 4.97. The maximum atomic E-state index is 10.6. The van der Waals surface area contributed by atoms with Crippen molar-refractivity contribution in [1.82, 2.24) is 9.78 Å². The van der Waals surface area contributed by atoms with Gasteiger partial charge in [0.25, 0.3) is 0 Å². The first kappa shape index (κ1) is 14.6. The van der Waals surface area contributed by atoms with Gasteiger partial charge in [0.05, 0.1) is 11.4 Å². The van der Waals surface area contributed by atoms with Gasteiger partial charge in [-0.3, -0.25) is 0 Å². The number of hydrogen-bond acceptors (Lipinski definition) is 2. The maximum Gasteiger partial charge on any atom is 0.161 e. The van der Waals surface area contributed by atoms with Crippen molar-refractivity contribution < 1.29 is 5.11 Å². The third-order valence-electron chi connectivity index (χ3n) is 3.40. The molecule has 1 aromatic heterocycles. The van der Waals surface area contributed by atoms with Gasteiger partial charge < -0.3 is 5.11 Å². The fraction of sp³-hybridized carbons (Fsp3) is 0.471. The summed E-state index contributed by atoms with van der Waals surface area (Å²) in [4.78, 5) is 0. The smallest absolute Gasteiger partial charge is 0.161 e. The van der Waals surface area contributed by atoms with E-state index in [2.05, 4.69) is 58.8 Å². The Kier molecular flexibility index (Phi) is 3.63. The lowest BCUT2D eigenvalue weighted by Gasteiger charge is -2.15. The topological polar surface area (TPSA) is 38.0 Å². The van der Waals surface area contributed by atoms with E-state index in [9.17, 15) is 5.11 Å². The lowest BCUT2D eigenvalue weighted by atomic mass is 9.91. The van der Waals surface area contributed by atoms with Crippen LogP contribution in [-0.4, -0.2) is 14.9 Å². The minimum atomic E-state index is -0.178. The molecule has 1 heterocycles. The third-order valence-corrected chi connectivity index (χ3v) is 3.40. The highest BCUT2D eigenvalue weighted by molar-refractivity contribution is 5.45. The molecule has 1 aromatic carbocycles. The van der Waals surface area contributed by atoms with E-state index in [0.29, 0.717) is 5.75 Å². The molecule has 0 fully saturated rings.